The molecule has 0 amide bonds. The van der Waals surface area contributed by atoms with Crippen LogP contribution in [0.3, 0.4) is 0 Å². The molecule has 0 atom stereocenters. The molecular weight excluding hydrogens is 472 g/mol. The highest BCUT2D eigenvalue weighted by Gasteiger charge is 2.17. The zero-order chi connectivity index (χ0) is 25.2. The first-order valence-electron chi connectivity index (χ1n) is 10.1. The highest BCUT2D eigenvalue weighted by atomic mass is 32.2. The van der Waals surface area contributed by atoms with E-state index >= 15 is 0 Å². The fourth-order valence-corrected chi connectivity index (χ4v) is 4.00. The van der Waals surface area contributed by atoms with Gasteiger partial charge in [-0.3, -0.25) is 14.1 Å². The second kappa shape index (κ2) is 12.6. The fourth-order valence-electron chi connectivity index (χ4n) is 3.01. The number of anilines is 1. The van der Waals surface area contributed by atoms with Crippen LogP contribution in [0.15, 0.2) is 47.1 Å². The van der Waals surface area contributed by atoms with Gasteiger partial charge >= 0.3 is 5.97 Å². The lowest BCUT2D eigenvalue weighted by Gasteiger charge is -2.27. The fraction of sp³-hybridized carbons (Fsp3) is 0.429. The molecule has 0 saturated carbocycles. The number of carboxylic acid groups (broad SMARTS) is 1. The number of rotatable bonds is 13. The van der Waals surface area contributed by atoms with Crippen LogP contribution in [0.4, 0.5) is 5.69 Å². The first kappa shape index (κ1) is 28.5. The van der Waals surface area contributed by atoms with E-state index in [0.29, 0.717) is 22.7 Å². The molecule has 0 unspecified atom stereocenters. The van der Waals surface area contributed by atoms with Crippen molar-refractivity contribution in [1.29, 1.82) is 0 Å². The van der Waals surface area contributed by atoms with E-state index in [2.05, 4.69) is 4.99 Å². The van der Waals surface area contributed by atoms with E-state index in [1.807, 2.05) is 0 Å². The third-order valence-electron chi connectivity index (χ3n) is 4.63. The van der Waals surface area contributed by atoms with Crippen molar-refractivity contribution in [2.24, 2.45) is 4.99 Å². The molecule has 0 aliphatic rings. The summed E-state index contributed by atoms with van der Waals surface area (Å²) < 4.78 is 61.4. The number of aliphatic imine (C=N–C) groups is 1. The molecule has 0 spiro atoms. The Labute approximate surface area is 194 Å². The van der Waals surface area contributed by atoms with Crippen molar-refractivity contribution in [3.63, 3.8) is 0 Å². The minimum atomic E-state index is -4.13. The summed E-state index contributed by atoms with van der Waals surface area (Å²) in [6.07, 6.45) is 5.48. The molecule has 0 aromatic heterocycles. The van der Waals surface area contributed by atoms with Crippen LogP contribution in [0.5, 0.6) is 0 Å². The van der Waals surface area contributed by atoms with Gasteiger partial charge in [0.15, 0.2) is 0 Å². The lowest BCUT2D eigenvalue weighted by Crippen LogP contribution is -2.25. The Bertz CT molecular complexity index is 1140. The number of aromatic carboxylic acids is 1. The molecule has 1 aromatic rings. The summed E-state index contributed by atoms with van der Waals surface area (Å²) in [5.74, 6) is -1.87. The van der Waals surface area contributed by atoms with Gasteiger partial charge in [-0.2, -0.15) is 16.8 Å². The molecule has 184 valence electrons. The Balaban J connectivity index is 3.07. The number of carbonyl (C=O) groups is 1. The van der Waals surface area contributed by atoms with Crippen LogP contribution >= 0.6 is 0 Å². The summed E-state index contributed by atoms with van der Waals surface area (Å²) in [7, 11) is -8.14. The average molecular weight is 503 g/mol. The summed E-state index contributed by atoms with van der Waals surface area (Å²) in [5, 5.41) is 9.41. The van der Waals surface area contributed by atoms with Gasteiger partial charge in [0.2, 0.25) is 0 Å². The van der Waals surface area contributed by atoms with Crippen molar-refractivity contribution >= 4 is 37.6 Å². The number of nitrogens with zero attached hydrogens (tertiary/aromatic N) is 2. The third-order valence-corrected chi connectivity index (χ3v) is 6.24. The molecule has 1 aromatic carbocycles. The van der Waals surface area contributed by atoms with Gasteiger partial charge in [0.1, 0.15) is 0 Å². The maximum absolute atomic E-state index is 11.5. The Morgan fingerprint density at radius 1 is 1.06 bits per heavy atom. The molecule has 0 aliphatic carbocycles. The van der Waals surface area contributed by atoms with Crippen molar-refractivity contribution in [3.05, 3.63) is 53.3 Å². The quantitative estimate of drug-likeness (QED) is 0.159. The summed E-state index contributed by atoms with van der Waals surface area (Å²) in [4.78, 5) is 17.5. The van der Waals surface area contributed by atoms with Crippen LogP contribution in [-0.4, -0.2) is 67.3 Å². The second-order valence-corrected chi connectivity index (χ2v) is 10.5. The van der Waals surface area contributed by atoms with Crippen LogP contribution in [0.2, 0.25) is 0 Å². The minimum absolute atomic E-state index is 0.124. The van der Waals surface area contributed by atoms with Crippen molar-refractivity contribution in [3.8, 4) is 0 Å². The Morgan fingerprint density at radius 2 is 1.67 bits per heavy atom. The van der Waals surface area contributed by atoms with E-state index in [-0.39, 0.29) is 37.2 Å². The molecule has 0 bridgehead atoms. The molecule has 3 N–H and O–H groups in total. The molecule has 0 fully saturated rings. The van der Waals surface area contributed by atoms with E-state index in [4.69, 9.17) is 9.11 Å². The summed E-state index contributed by atoms with van der Waals surface area (Å²) in [6, 6.07) is 4.82. The highest BCUT2D eigenvalue weighted by molar-refractivity contribution is 7.86. The zero-order valence-corrected chi connectivity index (χ0v) is 20.4. The van der Waals surface area contributed by atoms with Gasteiger partial charge in [-0.15, -0.1) is 0 Å². The highest BCUT2D eigenvalue weighted by Crippen LogP contribution is 2.27. The molecule has 0 aliphatic heterocycles. The third kappa shape index (κ3) is 11.2. The predicted molar refractivity (Wildman–Crippen MR) is 128 cm³/mol. The van der Waals surface area contributed by atoms with Crippen LogP contribution in [0, 0.1) is 6.92 Å². The van der Waals surface area contributed by atoms with Crippen molar-refractivity contribution in [2.45, 2.75) is 33.6 Å². The topological polar surface area (TPSA) is 162 Å². The lowest BCUT2D eigenvalue weighted by atomic mass is 10.1. The maximum atomic E-state index is 11.5. The molecular formula is C21H30N2O8S2. The normalized spacial score (nSPS) is 13.5. The smallest absolute Gasteiger partial charge is 0.336 e. The average Bonchev–Trinajstić information content (AvgIpc) is 2.67. The van der Waals surface area contributed by atoms with E-state index in [9.17, 15) is 26.7 Å². The number of carboxylic acids is 1. The molecule has 0 heterocycles. The van der Waals surface area contributed by atoms with Gasteiger partial charge in [0.05, 0.1) is 17.1 Å². The molecule has 33 heavy (non-hydrogen) atoms. The molecule has 0 saturated heterocycles. The summed E-state index contributed by atoms with van der Waals surface area (Å²) in [5.41, 5.74) is 2.58. The van der Waals surface area contributed by atoms with E-state index in [1.165, 1.54) is 6.07 Å². The van der Waals surface area contributed by atoms with Crippen molar-refractivity contribution in [1.82, 2.24) is 0 Å². The van der Waals surface area contributed by atoms with E-state index in [0.717, 1.165) is 0 Å². The first-order valence-corrected chi connectivity index (χ1v) is 13.3. The lowest BCUT2D eigenvalue weighted by molar-refractivity contribution is 0.0696. The first-order chi connectivity index (χ1) is 15.2. The number of benzene rings is 1. The minimum Gasteiger partial charge on any atom is -0.478 e. The largest absolute Gasteiger partial charge is 0.478 e. The van der Waals surface area contributed by atoms with Crippen LogP contribution in [0.25, 0.3) is 0 Å². The van der Waals surface area contributed by atoms with Crippen molar-refractivity contribution < 1.29 is 35.8 Å². The summed E-state index contributed by atoms with van der Waals surface area (Å²) >= 11 is 0. The van der Waals surface area contributed by atoms with Crippen LogP contribution < -0.4 is 4.90 Å². The van der Waals surface area contributed by atoms with Gasteiger partial charge in [0.25, 0.3) is 20.2 Å². The maximum Gasteiger partial charge on any atom is 0.336 e. The Kier molecular flexibility index (Phi) is 10.9. The monoisotopic (exact) mass is 502 g/mol. The van der Waals surface area contributed by atoms with Gasteiger partial charge in [-0.05, 0) is 63.5 Å². The van der Waals surface area contributed by atoms with Gasteiger partial charge < -0.3 is 10.0 Å². The van der Waals surface area contributed by atoms with E-state index < -0.39 is 32.0 Å². The predicted octanol–water partition coefficient (Wildman–Crippen LogP) is 2.98. The van der Waals surface area contributed by atoms with Crippen LogP contribution in [-0.2, 0) is 20.2 Å². The molecule has 10 nitrogen and oxygen atoms in total. The molecule has 1 rings (SSSR count). The van der Waals surface area contributed by atoms with Gasteiger partial charge in [-0.1, -0.05) is 12.1 Å². The SMILES string of the molecule is CC(/C=C/C=C(\C)N(CCCS(=O)(=O)O)c1cccc(C(=O)O)c1C)=N/CCCS(=O)(=O)O. The standard InChI is InChI=1S/C21H30N2O8S2/c1-16(22-12-6-14-32(26,27)28)8-4-9-17(2)23(13-7-15-33(29,30)31)20-11-5-10-19(18(20)3)21(24)25/h4-5,8-11H,6-7,12-15H2,1-3H3,(H,24,25)(H,26,27,28)(H,29,30,31)/b8-4+,17-9+,22-16-. The molecule has 12 heteroatoms. The number of hydrogen-bond acceptors (Lipinski definition) is 7. The molecule has 0 radical (unpaired) electrons. The van der Waals surface area contributed by atoms with Crippen molar-refractivity contribution in [2.75, 3.05) is 29.5 Å². The number of hydrogen-bond donors (Lipinski definition) is 3. The zero-order valence-electron chi connectivity index (χ0n) is 18.8. The Morgan fingerprint density at radius 3 is 2.24 bits per heavy atom. The van der Waals surface area contributed by atoms with Gasteiger partial charge in [-0.25, -0.2) is 4.79 Å². The second-order valence-electron chi connectivity index (χ2n) is 7.38. The Hall–Kier alpha value is -2.54. The van der Waals surface area contributed by atoms with Crippen LogP contribution in [0.1, 0.15) is 42.6 Å². The summed E-state index contributed by atoms with van der Waals surface area (Å²) in [6.45, 7) is 5.64. The van der Waals surface area contributed by atoms with Gasteiger partial charge in [0, 0.05) is 30.2 Å². The van der Waals surface area contributed by atoms with E-state index in [1.54, 1.807) is 56.0 Å². The number of allylic oxidation sites excluding steroid dienone is 4.